The fourth-order valence-corrected chi connectivity index (χ4v) is 1.17. The monoisotopic (exact) mass is 225 g/mol. The molecule has 0 saturated carbocycles. The van der Waals surface area contributed by atoms with Crippen LogP contribution in [0.1, 0.15) is 26.1 Å². The highest BCUT2D eigenvalue weighted by Crippen LogP contribution is 2.10. The van der Waals surface area contributed by atoms with Crippen LogP contribution in [0.5, 0.6) is 0 Å². The van der Waals surface area contributed by atoms with Crippen molar-refractivity contribution in [1.29, 1.82) is 0 Å². The van der Waals surface area contributed by atoms with E-state index in [1.54, 1.807) is 6.07 Å². The summed E-state index contributed by atoms with van der Waals surface area (Å²) in [5.41, 5.74) is 2.51. The van der Waals surface area contributed by atoms with Crippen LogP contribution in [-0.4, -0.2) is 23.1 Å². The van der Waals surface area contributed by atoms with Crippen LogP contribution in [0, 0.1) is 0 Å². The van der Waals surface area contributed by atoms with Crippen molar-refractivity contribution >= 4 is 11.6 Å². The van der Waals surface area contributed by atoms with Gasteiger partial charge in [-0.15, -0.1) is 0 Å². The number of nitrogen functional groups attached to an aromatic ring is 1. The third-order valence-corrected chi connectivity index (χ3v) is 1.91. The average molecular weight is 225 g/mol. The number of nitrogens with two attached hydrogens (primary N) is 1. The number of ether oxygens (including phenoxy) is 1. The molecule has 6 nitrogen and oxygen atoms in total. The number of hydrazine groups is 1. The number of anilines is 2. The zero-order valence-corrected chi connectivity index (χ0v) is 9.79. The van der Waals surface area contributed by atoms with Crippen molar-refractivity contribution in [2.75, 3.05) is 23.9 Å². The summed E-state index contributed by atoms with van der Waals surface area (Å²) in [7, 11) is 0. The van der Waals surface area contributed by atoms with E-state index in [1.807, 2.05) is 6.92 Å². The maximum absolute atomic E-state index is 5.34. The fourth-order valence-electron chi connectivity index (χ4n) is 1.17. The topological polar surface area (TPSA) is 85.1 Å². The van der Waals surface area contributed by atoms with Gasteiger partial charge in [0.05, 0.1) is 0 Å². The summed E-state index contributed by atoms with van der Waals surface area (Å²) in [6.07, 6.45) is 1.04. The summed E-state index contributed by atoms with van der Waals surface area (Å²) in [6.45, 7) is 5.93. The van der Waals surface area contributed by atoms with Gasteiger partial charge in [-0.3, -0.25) is 0 Å². The first-order valence-electron chi connectivity index (χ1n) is 5.46. The third-order valence-electron chi connectivity index (χ3n) is 1.91. The van der Waals surface area contributed by atoms with Gasteiger partial charge in [0.15, 0.2) is 5.82 Å². The van der Waals surface area contributed by atoms with E-state index in [-0.39, 0.29) is 0 Å². The Kier molecular flexibility index (Phi) is 5.52. The molecule has 0 aliphatic carbocycles. The van der Waals surface area contributed by atoms with Gasteiger partial charge in [0, 0.05) is 19.2 Å². The quantitative estimate of drug-likeness (QED) is 0.476. The molecule has 0 aliphatic rings. The number of rotatable bonds is 7. The van der Waals surface area contributed by atoms with E-state index < -0.39 is 0 Å². The van der Waals surface area contributed by atoms with Gasteiger partial charge in [-0.25, -0.2) is 15.8 Å². The van der Waals surface area contributed by atoms with E-state index in [4.69, 9.17) is 10.6 Å². The number of hydrogen-bond acceptors (Lipinski definition) is 6. The van der Waals surface area contributed by atoms with Crippen molar-refractivity contribution in [3.8, 4) is 0 Å². The normalized spacial score (nSPS) is 10.2. The summed E-state index contributed by atoms with van der Waals surface area (Å²) in [5.74, 6) is 7.31. The summed E-state index contributed by atoms with van der Waals surface area (Å²) >= 11 is 0. The molecule has 16 heavy (non-hydrogen) atoms. The Morgan fingerprint density at radius 1 is 1.31 bits per heavy atom. The van der Waals surface area contributed by atoms with Crippen LogP contribution in [0.25, 0.3) is 0 Å². The Labute approximate surface area is 95.6 Å². The highest BCUT2D eigenvalue weighted by Gasteiger charge is 2.03. The van der Waals surface area contributed by atoms with Gasteiger partial charge in [0.1, 0.15) is 18.2 Å². The summed E-state index contributed by atoms with van der Waals surface area (Å²) in [4.78, 5) is 8.50. The zero-order chi connectivity index (χ0) is 11.8. The average Bonchev–Trinajstić information content (AvgIpc) is 2.33. The van der Waals surface area contributed by atoms with Crippen molar-refractivity contribution in [2.45, 2.75) is 26.9 Å². The van der Waals surface area contributed by atoms with Gasteiger partial charge in [-0.05, 0) is 13.3 Å². The number of nitrogens with zero attached hydrogens (tertiary/aromatic N) is 2. The lowest BCUT2D eigenvalue weighted by molar-refractivity contribution is 0.128. The fraction of sp³-hybridized carbons (Fsp3) is 0.600. The molecule has 0 radical (unpaired) electrons. The van der Waals surface area contributed by atoms with Crippen LogP contribution in [0.15, 0.2) is 6.07 Å². The van der Waals surface area contributed by atoms with Gasteiger partial charge >= 0.3 is 0 Å². The van der Waals surface area contributed by atoms with Crippen molar-refractivity contribution in [3.63, 3.8) is 0 Å². The van der Waals surface area contributed by atoms with Gasteiger partial charge < -0.3 is 15.5 Å². The van der Waals surface area contributed by atoms with Crippen molar-refractivity contribution < 1.29 is 4.74 Å². The van der Waals surface area contributed by atoms with Crippen molar-refractivity contribution in [2.24, 2.45) is 5.84 Å². The Hall–Kier alpha value is -1.40. The number of aromatic nitrogens is 2. The van der Waals surface area contributed by atoms with Gasteiger partial charge in [0.2, 0.25) is 0 Å². The second kappa shape index (κ2) is 6.97. The standard InChI is InChI=1S/C10H19N5O/c1-3-5-12-8-6-9(15-11)14-10(13-8)7-16-4-2/h6H,3-5,7,11H2,1-2H3,(H2,12,13,14,15). The molecule has 0 bridgehead atoms. The van der Waals surface area contributed by atoms with E-state index in [0.29, 0.717) is 24.9 Å². The Morgan fingerprint density at radius 2 is 2.06 bits per heavy atom. The molecule has 6 heteroatoms. The lowest BCUT2D eigenvalue weighted by Crippen LogP contribution is -2.13. The van der Waals surface area contributed by atoms with Crippen LogP contribution in [0.4, 0.5) is 11.6 Å². The van der Waals surface area contributed by atoms with Crippen LogP contribution in [-0.2, 0) is 11.3 Å². The summed E-state index contributed by atoms with van der Waals surface area (Å²) < 4.78 is 5.26. The second-order valence-corrected chi connectivity index (χ2v) is 3.26. The molecule has 0 aromatic carbocycles. The van der Waals surface area contributed by atoms with Crippen LogP contribution < -0.4 is 16.6 Å². The molecule has 0 unspecified atom stereocenters. The van der Waals surface area contributed by atoms with Crippen LogP contribution in [0.2, 0.25) is 0 Å². The van der Waals surface area contributed by atoms with Gasteiger partial charge in [-0.1, -0.05) is 6.92 Å². The Morgan fingerprint density at radius 3 is 2.69 bits per heavy atom. The third kappa shape index (κ3) is 4.00. The van der Waals surface area contributed by atoms with Gasteiger partial charge in [-0.2, -0.15) is 0 Å². The van der Waals surface area contributed by atoms with E-state index in [0.717, 1.165) is 18.8 Å². The molecule has 0 aliphatic heterocycles. The maximum atomic E-state index is 5.34. The first kappa shape index (κ1) is 12.7. The zero-order valence-electron chi connectivity index (χ0n) is 9.79. The molecular weight excluding hydrogens is 206 g/mol. The van der Waals surface area contributed by atoms with Crippen LogP contribution >= 0.6 is 0 Å². The first-order chi connectivity index (χ1) is 7.80. The number of hydrogen-bond donors (Lipinski definition) is 3. The maximum Gasteiger partial charge on any atom is 0.158 e. The SMILES string of the molecule is CCCNc1cc(NN)nc(COCC)n1. The number of nitrogens with one attached hydrogen (secondary N) is 2. The largest absolute Gasteiger partial charge is 0.374 e. The molecule has 4 N–H and O–H groups in total. The molecule has 0 spiro atoms. The van der Waals surface area contributed by atoms with E-state index in [9.17, 15) is 0 Å². The predicted octanol–water partition coefficient (Wildman–Crippen LogP) is 1.12. The van der Waals surface area contributed by atoms with E-state index in [1.165, 1.54) is 0 Å². The molecular formula is C10H19N5O. The minimum Gasteiger partial charge on any atom is -0.374 e. The van der Waals surface area contributed by atoms with Gasteiger partial charge in [0.25, 0.3) is 0 Å². The molecule has 0 fully saturated rings. The summed E-state index contributed by atoms with van der Waals surface area (Å²) in [5, 5.41) is 3.18. The molecule has 90 valence electrons. The Balaban J connectivity index is 2.74. The summed E-state index contributed by atoms with van der Waals surface area (Å²) in [6, 6.07) is 1.77. The minimum atomic E-state index is 0.396. The highest BCUT2D eigenvalue weighted by molar-refractivity contribution is 5.46. The predicted molar refractivity (Wildman–Crippen MR) is 64.0 cm³/mol. The Bertz CT molecular complexity index is 292. The molecule has 0 saturated heterocycles. The molecule has 0 amide bonds. The minimum absolute atomic E-state index is 0.396. The molecule has 1 aromatic heterocycles. The van der Waals surface area contributed by atoms with Crippen molar-refractivity contribution in [1.82, 2.24) is 9.97 Å². The molecule has 1 rings (SSSR count). The van der Waals surface area contributed by atoms with E-state index in [2.05, 4.69) is 27.6 Å². The first-order valence-corrected chi connectivity index (χ1v) is 5.46. The smallest absolute Gasteiger partial charge is 0.158 e. The lowest BCUT2D eigenvalue weighted by Gasteiger charge is -2.08. The van der Waals surface area contributed by atoms with Crippen LogP contribution in [0.3, 0.4) is 0 Å². The van der Waals surface area contributed by atoms with Crippen molar-refractivity contribution in [3.05, 3.63) is 11.9 Å². The molecule has 1 heterocycles. The van der Waals surface area contributed by atoms with E-state index >= 15 is 0 Å². The molecule has 1 aromatic rings. The molecule has 0 atom stereocenters. The lowest BCUT2D eigenvalue weighted by atomic mass is 10.4. The highest BCUT2D eigenvalue weighted by atomic mass is 16.5. The second-order valence-electron chi connectivity index (χ2n) is 3.26.